The molecule has 2 aromatic carbocycles. The van der Waals surface area contributed by atoms with Gasteiger partial charge in [-0.15, -0.1) is 0 Å². The zero-order chi connectivity index (χ0) is 19.9. The van der Waals surface area contributed by atoms with Gasteiger partial charge in [-0.1, -0.05) is 30.3 Å². The zero-order valence-electron chi connectivity index (χ0n) is 16.4. The zero-order valence-corrected chi connectivity index (χ0v) is 16.4. The predicted octanol–water partition coefficient (Wildman–Crippen LogP) is 3.83. The van der Waals surface area contributed by atoms with Crippen molar-refractivity contribution < 1.29 is 14.3 Å². The maximum atomic E-state index is 12.5. The van der Waals surface area contributed by atoms with E-state index >= 15 is 0 Å². The molecule has 1 amide bonds. The van der Waals surface area contributed by atoms with Crippen LogP contribution < -0.4 is 14.8 Å². The van der Waals surface area contributed by atoms with Gasteiger partial charge in [0.05, 0.1) is 26.5 Å². The highest BCUT2D eigenvalue weighted by Gasteiger charge is 2.11. The van der Waals surface area contributed by atoms with E-state index in [9.17, 15) is 4.79 Å². The highest BCUT2D eigenvalue weighted by Crippen LogP contribution is 2.23. The maximum absolute atomic E-state index is 12.5. The number of carbonyl (C=O) groups excluding carboxylic acids is 1. The monoisotopic (exact) mass is 379 g/mol. The number of hydrogen-bond acceptors (Lipinski definition) is 4. The Morgan fingerprint density at radius 2 is 1.68 bits per heavy atom. The second-order valence-electron chi connectivity index (χ2n) is 6.58. The Labute approximate surface area is 165 Å². The van der Waals surface area contributed by atoms with E-state index < -0.39 is 0 Å². The van der Waals surface area contributed by atoms with Gasteiger partial charge < -0.3 is 14.8 Å². The first-order valence-electron chi connectivity index (χ1n) is 9.17. The van der Waals surface area contributed by atoms with Gasteiger partial charge in [-0.2, -0.15) is 5.10 Å². The SMILES string of the molecule is COc1cc(CCC(=O)Nc2cc(C)nn2Cc2ccccc2)cc(OC)c1. The van der Waals surface area contributed by atoms with E-state index in [1.807, 2.05) is 66.2 Å². The van der Waals surface area contributed by atoms with Crippen LogP contribution in [0.15, 0.2) is 54.6 Å². The first kappa shape index (κ1) is 19.5. The minimum Gasteiger partial charge on any atom is -0.497 e. The van der Waals surface area contributed by atoms with E-state index in [0.29, 0.717) is 36.7 Å². The number of methoxy groups -OCH3 is 2. The van der Waals surface area contributed by atoms with Crippen LogP contribution in [0.5, 0.6) is 11.5 Å². The quantitative estimate of drug-likeness (QED) is 0.646. The van der Waals surface area contributed by atoms with Gasteiger partial charge >= 0.3 is 0 Å². The van der Waals surface area contributed by atoms with E-state index in [1.165, 1.54) is 0 Å². The summed E-state index contributed by atoms with van der Waals surface area (Å²) in [6.45, 7) is 2.52. The third-order valence-electron chi connectivity index (χ3n) is 4.40. The third kappa shape index (κ3) is 5.13. The Kier molecular flexibility index (Phi) is 6.32. The fourth-order valence-corrected chi connectivity index (χ4v) is 3.00. The summed E-state index contributed by atoms with van der Waals surface area (Å²) < 4.78 is 12.4. The van der Waals surface area contributed by atoms with Crippen LogP contribution in [0.3, 0.4) is 0 Å². The smallest absolute Gasteiger partial charge is 0.225 e. The van der Waals surface area contributed by atoms with Crippen LogP contribution in [0, 0.1) is 6.92 Å². The molecule has 6 nitrogen and oxygen atoms in total. The topological polar surface area (TPSA) is 65.4 Å². The maximum Gasteiger partial charge on any atom is 0.225 e. The molecule has 3 rings (SSSR count). The second-order valence-corrected chi connectivity index (χ2v) is 6.58. The molecule has 1 N–H and O–H groups in total. The van der Waals surface area contributed by atoms with Gasteiger partial charge in [0.25, 0.3) is 0 Å². The average molecular weight is 379 g/mol. The van der Waals surface area contributed by atoms with E-state index in [0.717, 1.165) is 16.8 Å². The van der Waals surface area contributed by atoms with Gasteiger partial charge in [-0.3, -0.25) is 4.79 Å². The normalized spacial score (nSPS) is 10.5. The van der Waals surface area contributed by atoms with Crippen molar-refractivity contribution in [3.63, 3.8) is 0 Å². The molecule has 0 saturated heterocycles. The molecular weight excluding hydrogens is 354 g/mol. The lowest BCUT2D eigenvalue weighted by molar-refractivity contribution is -0.116. The summed E-state index contributed by atoms with van der Waals surface area (Å²) in [4.78, 5) is 12.5. The molecule has 0 spiro atoms. The van der Waals surface area contributed by atoms with Crippen LogP contribution in [0.2, 0.25) is 0 Å². The summed E-state index contributed by atoms with van der Waals surface area (Å²) in [6.07, 6.45) is 0.942. The number of ether oxygens (including phenoxy) is 2. The van der Waals surface area contributed by atoms with E-state index in [2.05, 4.69) is 10.4 Å². The average Bonchev–Trinajstić information content (AvgIpc) is 3.05. The molecule has 0 unspecified atom stereocenters. The fourth-order valence-electron chi connectivity index (χ4n) is 3.00. The molecule has 1 heterocycles. The molecule has 0 saturated carbocycles. The molecule has 0 aliphatic heterocycles. The van der Waals surface area contributed by atoms with Crippen molar-refractivity contribution in [3.05, 3.63) is 71.4 Å². The molecule has 0 aliphatic rings. The number of rotatable bonds is 8. The molecule has 0 atom stereocenters. The molecule has 0 fully saturated rings. The number of nitrogens with zero attached hydrogens (tertiary/aromatic N) is 2. The molecule has 146 valence electrons. The summed E-state index contributed by atoms with van der Waals surface area (Å²) in [5.41, 5.74) is 2.98. The van der Waals surface area contributed by atoms with Gasteiger partial charge in [0.1, 0.15) is 17.3 Å². The summed E-state index contributed by atoms with van der Waals surface area (Å²) in [5, 5.41) is 7.47. The van der Waals surface area contributed by atoms with Crippen molar-refractivity contribution >= 4 is 11.7 Å². The number of aryl methyl sites for hydroxylation is 2. The van der Waals surface area contributed by atoms with Crippen molar-refractivity contribution in [2.75, 3.05) is 19.5 Å². The lowest BCUT2D eigenvalue weighted by atomic mass is 10.1. The van der Waals surface area contributed by atoms with Crippen LogP contribution in [-0.4, -0.2) is 29.9 Å². The molecule has 28 heavy (non-hydrogen) atoms. The Morgan fingerprint density at radius 1 is 1.00 bits per heavy atom. The van der Waals surface area contributed by atoms with Crippen LogP contribution in [-0.2, 0) is 17.8 Å². The summed E-state index contributed by atoms with van der Waals surface area (Å²) in [7, 11) is 3.23. The fraction of sp³-hybridized carbons (Fsp3) is 0.273. The van der Waals surface area contributed by atoms with Crippen molar-refractivity contribution in [3.8, 4) is 11.5 Å². The first-order chi connectivity index (χ1) is 13.6. The van der Waals surface area contributed by atoms with Crippen molar-refractivity contribution in [1.82, 2.24) is 9.78 Å². The lowest BCUT2D eigenvalue weighted by Gasteiger charge is -2.10. The highest BCUT2D eigenvalue weighted by molar-refractivity contribution is 5.90. The Bertz CT molecular complexity index is 913. The van der Waals surface area contributed by atoms with Gasteiger partial charge in [0.15, 0.2) is 0 Å². The third-order valence-corrected chi connectivity index (χ3v) is 4.40. The number of hydrogen-bond donors (Lipinski definition) is 1. The van der Waals surface area contributed by atoms with Crippen LogP contribution in [0.4, 0.5) is 5.82 Å². The Hall–Kier alpha value is -3.28. The standard InChI is InChI=1S/C22H25N3O3/c1-16-11-21(25(24-16)15-17-7-5-4-6-8-17)23-22(26)10-9-18-12-19(27-2)14-20(13-18)28-3/h4-8,11-14H,9-10,15H2,1-3H3,(H,23,26). The summed E-state index contributed by atoms with van der Waals surface area (Å²) in [5.74, 6) is 2.07. The lowest BCUT2D eigenvalue weighted by Crippen LogP contribution is -2.16. The number of nitrogens with one attached hydrogen (secondary N) is 1. The molecular formula is C22H25N3O3. The van der Waals surface area contributed by atoms with Crippen LogP contribution in [0.1, 0.15) is 23.2 Å². The molecule has 3 aromatic rings. The minimum absolute atomic E-state index is 0.0593. The molecule has 0 radical (unpaired) electrons. The largest absolute Gasteiger partial charge is 0.497 e. The second kappa shape index (κ2) is 9.08. The van der Waals surface area contributed by atoms with Gasteiger partial charge in [-0.05, 0) is 36.6 Å². The number of amides is 1. The number of aromatic nitrogens is 2. The van der Waals surface area contributed by atoms with Gasteiger partial charge in [-0.25, -0.2) is 4.68 Å². The summed E-state index contributed by atoms with van der Waals surface area (Å²) >= 11 is 0. The van der Waals surface area contributed by atoms with Crippen LogP contribution >= 0.6 is 0 Å². The number of benzene rings is 2. The van der Waals surface area contributed by atoms with Crippen molar-refractivity contribution in [2.45, 2.75) is 26.3 Å². The highest BCUT2D eigenvalue weighted by atomic mass is 16.5. The summed E-state index contributed by atoms with van der Waals surface area (Å²) in [6, 6.07) is 17.6. The molecule has 0 aliphatic carbocycles. The Balaban J connectivity index is 1.64. The van der Waals surface area contributed by atoms with E-state index in [4.69, 9.17) is 9.47 Å². The molecule has 1 aromatic heterocycles. The minimum atomic E-state index is -0.0593. The van der Waals surface area contributed by atoms with Crippen LogP contribution in [0.25, 0.3) is 0 Å². The Morgan fingerprint density at radius 3 is 2.32 bits per heavy atom. The van der Waals surface area contributed by atoms with E-state index in [1.54, 1.807) is 14.2 Å². The van der Waals surface area contributed by atoms with E-state index in [-0.39, 0.29) is 5.91 Å². The molecule has 0 bridgehead atoms. The number of carbonyl (C=O) groups is 1. The number of anilines is 1. The van der Waals surface area contributed by atoms with Gasteiger partial charge in [0, 0.05) is 18.6 Å². The van der Waals surface area contributed by atoms with Crippen molar-refractivity contribution in [2.24, 2.45) is 0 Å². The van der Waals surface area contributed by atoms with Crippen molar-refractivity contribution in [1.29, 1.82) is 0 Å². The molecule has 6 heteroatoms. The van der Waals surface area contributed by atoms with Gasteiger partial charge in [0.2, 0.25) is 5.91 Å². The predicted molar refractivity (Wildman–Crippen MR) is 109 cm³/mol. The first-order valence-corrected chi connectivity index (χ1v) is 9.17.